The fourth-order valence-corrected chi connectivity index (χ4v) is 3.56. The Labute approximate surface area is 208 Å². The maximum Gasteiger partial charge on any atom is 0.225 e. The quantitative estimate of drug-likeness (QED) is 0.214. The van der Waals surface area contributed by atoms with Gasteiger partial charge in [0.25, 0.3) is 0 Å². The SMILES string of the molecule is CN=C(NCCCN1CCN(c2ncccn2)CC1)NCC(C)Oc1cccc(C)c1.I. The molecule has 1 aliphatic rings. The van der Waals surface area contributed by atoms with Crippen LogP contribution in [-0.4, -0.2) is 79.8 Å². The average molecular weight is 553 g/mol. The van der Waals surface area contributed by atoms with Crippen LogP contribution in [0.25, 0.3) is 0 Å². The van der Waals surface area contributed by atoms with E-state index in [-0.39, 0.29) is 30.1 Å². The number of guanidine groups is 1. The lowest BCUT2D eigenvalue weighted by atomic mass is 10.2. The van der Waals surface area contributed by atoms with E-state index >= 15 is 0 Å². The summed E-state index contributed by atoms with van der Waals surface area (Å²) in [5.41, 5.74) is 1.20. The third kappa shape index (κ3) is 8.78. The molecule has 0 bridgehead atoms. The zero-order chi connectivity index (χ0) is 21.9. The Kier molecular flexibility index (Phi) is 11.5. The van der Waals surface area contributed by atoms with Crippen LogP contribution in [0.2, 0.25) is 0 Å². The summed E-state index contributed by atoms with van der Waals surface area (Å²) >= 11 is 0. The lowest BCUT2D eigenvalue weighted by molar-refractivity contribution is 0.223. The highest BCUT2D eigenvalue weighted by Crippen LogP contribution is 2.14. The zero-order valence-electron chi connectivity index (χ0n) is 19.3. The largest absolute Gasteiger partial charge is 0.489 e. The molecule has 2 aromatic rings. The Bertz CT molecular complexity index is 813. The second-order valence-corrected chi connectivity index (χ2v) is 7.86. The first-order valence-electron chi connectivity index (χ1n) is 11.1. The Morgan fingerprint density at radius 1 is 1.12 bits per heavy atom. The molecule has 0 spiro atoms. The van der Waals surface area contributed by atoms with E-state index in [9.17, 15) is 0 Å². The maximum absolute atomic E-state index is 5.97. The fourth-order valence-electron chi connectivity index (χ4n) is 3.56. The number of aromatic nitrogens is 2. The van der Waals surface area contributed by atoms with Crippen molar-refractivity contribution in [3.8, 4) is 5.75 Å². The van der Waals surface area contributed by atoms with Crippen LogP contribution in [0.3, 0.4) is 0 Å². The summed E-state index contributed by atoms with van der Waals surface area (Å²) in [6, 6.07) is 9.98. The number of nitrogens with one attached hydrogen (secondary N) is 2. The Hall–Kier alpha value is -2.14. The maximum atomic E-state index is 5.97. The molecule has 3 rings (SSSR count). The summed E-state index contributed by atoms with van der Waals surface area (Å²) in [5.74, 6) is 2.54. The molecule has 1 aromatic heterocycles. The van der Waals surface area contributed by atoms with Crippen molar-refractivity contribution in [2.24, 2.45) is 4.99 Å². The van der Waals surface area contributed by atoms with Crippen molar-refractivity contribution in [3.63, 3.8) is 0 Å². The summed E-state index contributed by atoms with van der Waals surface area (Å²) in [6.45, 7) is 10.8. The summed E-state index contributed by atoms with van der Waals surface area (Å²) in [7, 11) is 1.80. The van der Waals surface area contributed by atoms with Crippen molar-refractivity contribution in [2.45, 2.75) is 26.4 Å². The monoisotopic (exact) mass is 553 g/mol. The molecule has 0 aliphatic carbocycles. The molecule has 1 atom stereocenters. The first kappa shape index (κ1) is 26.1. The van der Waals surface area contributed by atoms with E-state index < -0.39 is 0 Å². The van der Waals surface area contributed by atoms with Crippen molar-refractivity contribution in [1.82, 2.24) is 25.5 Å². The lowest BCUT2D eigenvalue weighted by Gasteiger charge is -2.34. The number of halogens is 1. The molecule has 0 saturated carbocycles. The summed E-state index contributed by atoms with van der Waals surface area (Å²) < 4.78 is 5.97. The molecule has 1 fully saturated rings. The van der Waals surface area contributed by atoms with Crippen molar-refractivity contribution in [3.05, 3.63) is 48.3 Å². The minimum Gasteiger partial charge on any atom is -0.489 e. The van der Waals surface area contributed by atoms with E-state index in [4.69, 9.17) is 4.74 Å². The van der Waals surface area contributed by atoms with Crippen LogP contribution in [0.15, 0.2) is 47.7 Å². The molecule has 32 heavy (non-hydrogen) atoms. The third-order valence-corrected chi connectivity index (χ3v) is 5.26. The molecule has 0 amide bonds. The molecule has 0 radical (unpaired) electrons. The van der Waals surface area contributed by atoms with E-state index in [1.54, 1.807) is 19.4 Å². The molecule has 1 saturated heterocycles. The van der Waals surface area contributed by atoms with Crippen LogP contribution in [-0.2, 0) is 0 Å². The van der Waals surface area contributed by atoms with Gasteiger partial charge in [-0.2, -0.15) is 0 Å². The van der Waals surface area contributed by atoms with Gasteiger partial charge in [0.2, 0.25) is 5.95 Å². The Morgan fingerprint density at radius 2 is 1.88 bits per heavy atom. The predicted octanol–water partition coefficient (Wildman–Crippen LogP) is 2.55. The number of aryl methyl sites for hydroxylation is 1. The van der Waals surface area contributed by atoms with Gasteiger partial charge >= 0.3 is 0 Å². The van der Waals surface area contributed by atoms with Gasteiger partial charge in [0.1, 0.15) is 11.9 Å². The van der Waals surface area contributed by atoms with Gasteiger partial charge in [-0.15, -0.1) is 24.0 Å². The van der Waals surface area contributed by atoms with Gasteiger partial charge in [0.05, 0.1) is 6.54 Å². The van der Waals surface area contributed by atoms with Gasteiger partial charge in [0.15, 0.2) is 5.96 Å². The van der Waals surface area contributed by atoms with E-state index in [0.29, 0.717) is 6.54 Å². The van der Waals surface area contributed by atoms with Gasteiger partial charge in [0, 0.05) is 52.2 Å². The number of anilines is 1. The minimum absolute atomic E-state index is 0. The normalized spacial score (nSPS) is 15.6. The molecular weight excluding hydrogens is 517 g/mol. The number of hydrogen-bond donors (Lipinski definition) is 2. The second-order valence-electron chi connectivity index (χ2n) is 7.86. The van der Waals surface area contributed by atoms with Crippen molar-refractivity contribution >= 4 is 35.9 Å². The van der Waals surface area contributed by atoms with Gasteiger partial charge in [-0.05, 0) is 50.6 Å². The molecule has 2 N–H and O–H groups in total. The fraction of sp³-hybridized carbons (Fsp3) is 0.522. The number of benzene rings is 1. The first-order chi connectivity index (χ1) is 15.1. The highest BCUT2D eigenvalue weighted by atomic mass is 127. The van der Waals surface area contributed by atoms with Crippen LogP contribution >= 0.6 is 24.0 Å². The van der Waals surface area contributed by atoms with Crippen LogP contribution in [0.1, 0.15) is 18.9 Å². The van der Waals surface area contributed by atoms with Crippen molar-refractivity contribution in [1.29, 1.82) is 0 Å². The van der Waals surface area contributed by atoms with Crippen molar-refractivity contribution in [2.75, 3.05) is 57.8 Å². The number of rotatable bonds is 9. The standard InChI is InChI=1S/C23H35N7O.HI/c1-19-7-4-8-21(17-19)31-20(2)18-28-22(24-3)25-11-6-12-29-13-15-30(16-14-29)23-26-9-5-10-27-23;/h4-5,7-10,17,20H,6,11-16,18H2,1-3H3,(H2,24,25,28);1H. The smallest absolute Gasteiger partial charge is 0.225 e. The van der Waals surface area contributed by atoms with Gasteiger partial charge < -0.3 is 20.3 Å². The number of piperazine rings is 1. The lowest BCUT2D eigenvalue weighted by Crippen LogP contribution is -2.48. The highest BCUT2D eigenvalue weighted by Gasteiger charge is 2.18. The van der Waals surface area contributed by atoms with Gasteiger partial charge in [-0.3, -0.25) is 9.89 Å². The number of nitrogens with zero attached hydrogens (tertiary/aromatic N) is 5. The molecule has 1 aliphatic heterocycles. The topological polar surface area (TPSA) is 77.9 Å². The molecule has 1 unspecified atom stereocenters. The van der Waals surface area contributed by atoms with E-state index in [0.717, 1.165) is 63.3 Å². The Morgan fingerprint density at radius 3 is 2.56 bits per heavy atom. The zero-order valence-corrected chi connectivity index (χ0v) is 21.7. The number of aliphatic imine (C=N–C) groups is 1. The third-order valence-electron chi connectivity index (χ3n) is 5.26. The number of ether oxygens (including phenoxy) is 1. The second kappa shape index (κ2) is 14.1. The summed E-state index contributed by atoms with van der Waals surface area (Å²) in [5, 5.41) is 6.74. The van der Waals surface area contributed by atoms with E-state index in [2.05, 4.69) is 61.4 Å². The van der Waals surface area contributed by atoms with E-state index in [1.807, 2.05) is 18.2 Å². The molecular formula is C23H36IN7O. The Balaban J connectivity index is 0.00000363. The van der Waals surface area contributed by atoms with Crippen LogP contribution in [0, 0.1) is 6.92 Å². The number of hydrogen-bond acceptors (Lipinski definition) is 6. The highest BCUT2D eigenvalue weighted by molar-refractivity contribution is 14.0. The molecule has 1 aromatic carbocycles. The molecule has 8 nitrogen and oxygen atoms in total. The van der Waals surface area contributed by atoms with Crippen LogP contribution in [0.4, 0.5) is 5.95 Å². The predicted molar refractivity (Wildman–Crippen MR) is 141 cm³/mol. The minimum atomic E-state index is 0. The summed E-state index contributed by atoms with van der Waals surface area (Å²) in [6.07, 6.45) is 4.72. The molecule has 2 heterocycles. The van der Waals surface area contributed by atoms with E-state index in [1.165, 1.54) is 5.56 Å². The van der Waals surface area contributed by atoms with Crippen LogP contribution in [0.5, 0.6) is 5.75 Å². The average Bonchev–Trinajstić information content (AvgIpc) is 2.79. The van der Waals surface area contributed by atoms with Gasteiger partial charge in [-0.1, -0.05) is 12.1 Å². The summed E-state index contributed by atoms with van der Waals surface area (Å²) in [4.78, 5) is 17.8. The molecule has 9 heteroatoms. The van der Waals surface area contributed by atoms with Crippen molar-refractivity contribution < 1.29 is 4.74 Å². The first-order valence-corrected chi connectivity index (χ1v) is 11.1. The van der Waals surface area contributed by atoms with Gasteiger partial charge in [-0.25, -0.2) is 9.97 Å². The van der Waals surface area contributed by atoms with Crippen LogP contribution < -0.4 is 20.3 Å². The molecule has 176 valence electrons.